The third kappa shape index (κ3) is 5.34. The second kappa shape index (κ2) is 9.02. The molecule has 0 saturated carbocycles. The quantitative estimate of drug-likeness (QED) is 0.615. The molecule has 0 fully saturated rings. The molecule has 5 nitrogen and oxygen atoms in total. The molecule has 0 unspecified atom stereocenters. The van der Waals surface area contributed by atoms with Crippen molar-refractivity contribution in [2.45, 2.75) is 11.4 Å². The second-order valence-corrected chi connectivity index (χ2v) is 5.83. The highest BCUT2D eigenvalue weighted by Gasteiger charge is 2.14. The Morgan fingerprint density at radius 1 is 1.25 bits per heavy atom. The summed E-state index contributed by atoms with van der Waals surface area (Å²) in [7, 11) is 1.30. The van der Waals surface area contributed by atoms with Crippen LogP contribution < -0.4 is 5.32 Å². The number of carbonyl (C=O) groups is 2. The Kier molecular flexibility index (Phi) is 6.74. The molecule has 0 saturated heterocycles. The van der Waals surface area contributed by atoms with Gasteiger partial charge in [0, 0.05) is 12.7 Å². The van der Waals surface area contributed by atoms with Crippen LogP contribution in [0, 0.1) is 5.82 Å². The van der Waals surface area contributed by atoms with Gasteiger partial charge in [-0.15, -0.1) is 0 Å². The average Bonchev–Trinajstić information content (AvgIpc) is 2.61. The Morgan fingerprint density at radius 3 is 2.71 bits per heavy atom. The zero-order valence-electron chi connectivity index (χ0n) is 13.1. The van der Waals surface area contributed by atoms with E-state index in [0.29, 0.717) is 23.6 Å². The molecule has 0 aliphatic carbocycles. The number of thioether (sulfide) groups is 1. The van der Waals surface area contributed by atoms with Gasteiger partial charge in [0.05, 0.1) is 18.4 Å². The van der Waals surface area contributed by atoms with Crippen LogP contribution in [-0.4, -0.2) is 36.3 Å². The van der Waals surface area contributed by atoms with Gasteiger partial charge in [0.15, 0.2) is 0 Å². The molecule has 1 aromatic carbocycles. The number of ether oxygens (including phenoxy) is 1. The molecular weight excluding hydrogens is 331 g/mol. The number of methoxy groups -OCH3 is 1. The first-order chi connectivity index (χ1) is 11.6. The van der Waals surface area contributed by atoms with Gasteiger partial charge in [0.1, 0.15) is 10.8 Å². The molecular formula is C17H17FN2O3S. The summed E-state index contributed by atoms with van der Waals surface area (Å²) in [6, 6.07) is 9.40. The van der Waals surface area contributed by atoms with Crippen molar-refractivity contribution < 1.29 is 18.7 Å². The van der Waals surface area contributed by atoms with Crippen LogP contribution in [0.25, 0.3) is 0 Å². The maximum absolute atomic E-state index is 12.8. The van der Waals surface area contributed by atoms with Gasteiger partial charge in [-0.2, -0.15) is 0 Å². The van der Waals surface area contributed by atoms with Crippen LogP contribution in [0.2, 0.25) is 0 Å². The van der Waals surface area contributed by atoms with Gasteiger partial charge in [-0.25, -0.2) is 14.2 Å². The number of benzene rings is 1. The van der Waals surface area contributed by atoms with Gasteiger partial charge < -0.3 is 10.1 Å². The molecule has 1 heterocycles. The lowest BCUT2D eigenvalue weighted by Gasteiger charge is -2.07. The molecule has 126 valence electrons. The monoisotopic (exact) mass is 348 g/mol. The van der Waals surface area contributed by atoms with Crippen LogP contribution in [0.4, 0.5) is 4.39 Å². The summed E-state index contributed by atoms with van der Waals surface area (Å²) in [5.74, 6) is -0.786. The second-order valence-electron chi connectivity index (χ2n) is 4.86. The van der Waals surface area contributed by atoms with Gasteiger partial charge >= 0.3 is 5.97 Å². The van der Waals surface area contributed by atoms with Gasteiger partial charge in [-0.05, 0) is 36.2 Å². The molecule has 0 bridgehead atoms. The first kappa shape index (κ1) is 17.9. The Bertz CT molecular complexity index is 707. The number of hydrogen-bond donors (Lipinski definition) is 1. The fourth-order valence-electron chi connectivity index (χ4n) is 1.95. The minimum Gasteiger partial charge on any atom is -0.465 e. The van der Waals surface area contributed by atoms with Crippen molar-refractivity contribution in [1.82, 2.24) is 10.3 Å². The number of pyridine rings is 1. The highest BCUT2D eigenvalue weighted by Crippen LogP contribution is 2.20. The van der Waals surface area contributed by atoms with Crippen LogP contribution in [0.15, 0.2) is 47.6 Å². The Balaban J connectivity index is 1.79. The molecule has 1 N–H and O–H groups in total. The molecule has 0 aliphatic heterocycles. The molecule has 24 heavy (non-hydrogen) atoms. The molecule has 2 aromatic rings. The summed E-state index contributed by atoms with van der Waals surface area (Å²) in [6.07, 6.45) is 2.18. The minimum absolute atomic E-state index is 0.143. The molecule has 1 aromatic heterocycles. The molecule has 0 atom stereocenters. The normalized spacial score (nSPS) is 10.2. The summed E-state index contributed by atoms with van der Waals surface area (Å²) in [5.41, 5.74) is 1.28. The largest absolute Gasteiger partial charge is 0.465 e. The fraction of sp³-hybridized carbons (Fsp3) is 0.235. The summed E-state index contributed by atoms with van der Waals surface area (Å²) in [6.45, 7) is 0.455. The van der Waals surface area contributed by atoms with Gasteiger partial charge in [0.2, 0.25) is 5.91 Å². The van der Waals surface area contributed by atoms with Gasteiger partial charge in [-0.3, -0.25) is 4.79 Å². The molecule has 7 heteroatoms. The van der Waals surface area contributed by atoms with Crippen LogP contribution in [0.3, 0.4) is 0 Å². The summed E-state index contributed by atoms with van der Waals surface area (Å²) in [5, 5.41) is 3.24. The van der Waals surface area contributed by atoms with Gasteiger partial charge in [0.25, 0.3) is 0 Å². The number of aromatic nitrogens is 1. The first-order valence-corrected chi connectivity index (χ1v) is 8.26. The third-order valence-electron chi connectivity index (χ3n) is 3.17. The van der Waals surface area contributed by atoms with E-state index >= 15 is 0 Å². The van der Waals surface area contributed by atoms with E-state index < -0.39 is 5.97 Å². The number of rotatable bonds is 7. The number of hydrogen-bond acceptors (Lipinski definition) is 5. The van der Waals surface area contributed by atoms with E-state index in [1.54, 1.807) is 30.5 Å². The van der Waals surface area contributed by atoms with E-state index in [4.69, 9.17) is 0 Å². The zero-order chi connectivity index (χ0) is 17.4. The van der Waals surface area contributed by atoms with Crippen LogP contribution in [-0.2, 0) is 16.0 Å². The number of nitrogens with zero attached hydrogens (tertiary/aromatic N) is 1. The van der Waals surface area contributed by atoms with E-state index in [1.807, 2.05) is 0 Å². The standard InChI is InChI=1S/C17H17FN2O3S/c1-23-17(22)14-3-2-9-20-16(14)24-11-15(21)19-10-8-12-4-6-13(18)7-5-12/h2-7,9H,8,10-11H2,1H3,(H,19,21). The summed E-state index contributed by atoms with van der Waals surface area (Å²) >= 11 is 1.17. The van der Waals surface area contributed by atoms with Crippen molar-refractivity contribution in [3.63, 3.8) is 0 Å². The van der Waals surface area contributed by atoms with Gasteiger partial charge in [-0.1, -0.05) is 23.9 Å². The number of nitrogens with one attached hydrogen (secondary N) is 1. The highest BCUT2D eigenvalue weighted by atomic mass is 32.2. The Hall–Kier alpha value is -2.41. The van der Waals surface area contributed by atoms with Crippen molar-refractivity contribution in [2.75, 3.05) is 19.4 Å². The lowest BCUT2D eigenvalue weighted by atomic mass is 10.1. The van der Waals surface area contributed by atoms with Crippen molar-refractivity contribution in [3.8, 4) is 0 Å². The maximum Gasteiger partial charge on any atom is 0.340 e. The molecule has 0 radical (unpaired) electrons. The third-order valence-corrected chi connectivity index (χ3v) is 4.17. The van der Waals surface area contributed by atoms with Crippen molar-refractivity contribution in [3.05, 3.63) is 59.5 Å². The van der Waals surface area contributed by atoms with E-state index in [0.717, 1.165) is 5.56 Å². The number of carbonyl (C=O) groups excluding carboxylic acids is 2. The van der Waals surface area contributed by atoms with Crippen molar-refractivity contribution in [1.29, 1.82) is 0 Å². The minimum atomic E-state index is -0.484. The average molecular weight is 348 g/mol. The van der Waals surface area contributed by atoms with Crippen LogP contribution >= 0.6 is 11.8 Å². The lowest BCUT2D eigenvalue weighted by Crippen LogP contribution is -2.27. The Labute approximate surface area is 143 Å². The smallest absolute Gasteiger partial charge is 0.340 e. The van der Waals surface area contributed by atoms with Crippen LogP contribution in [0.5, 0.6) is 0 Å². The van der Waals surface area contributed by atoms with E-state index in [-0.39, 0.29) is 17.5 Å². The highest BCUT2D eigenvalue weighted by molar-refractivity contribution is 8.00. The maximum atomic E-state index is 12.8. The number of amides is 1. The Morgan fingerprint density at radius 2 is 2.00 bits per heavy atom. The SMILES string of the molecule is COC(=O)c1cccnc1SCC(=O)NCCc1ccc(F)cc1. The first-order valence-electron chi connectivity index (χ1n) is 7.27. The number of halogens is 1. The van der Waals surface area contributed by atoms with Crippen molar-refractivity contribution >= 4 is 23.6 Å². The predicted octanol–water partition coefficient (Wildman–Crippen LogP) is 2.46. The van der Waals surface area contributed by atoms with E-state index in [2.05, 4.69) is 15.0 Å². The molecule has 1 amide bonds. The molecule has 2 rings (SSSR count). The zero-order valence-corrected chi connectivity index (χ0v) is 13.9. The van der Waals surface area contributed by atoms with E-state index in [9.17, 15) is 14.0 Å². The summed E-state index contributed by atoms with van der Waals surface area (Å²) in [4.78, 5) is 27.6. The number of esters is 1. The van der Waals surface area contributed by atoms with E-state index in [1.165, 1.54) is 31.0 Å². The lowest BCUT2D eigenvalue weighted by molar-refractivity contribution is -0.118. The summed E-state index contributed by atoms with van der Waals surface area (Å²) < 4.78 is 17.5. The fourth-order valence-corrected chi connectivity index (χ4v) is 2.77. The molecule has 0 aliphatic rings. The van der Waals surface area contributed by atoms with Crippen molar-refractivity contribution in [2.24, 2.45) is 0 Å². The van der Waals surface area contributed by atoms with Crippen LogP contribution in [0.1, 0.15) is 15.9 Å². The topological polar surface area (TPSA) is 68.3 Å². The molecule has 0 spiro atoms. The predicted molar refractivity (Wildman–Crippen MR) is 89.4 cm³/mol.